The van der Waals surface area contributed by atoms with E-state index in [-0.39, 0.29) is 24.4 Å². The lowest BCUT2D eigenvalue weighted by Crippen LogP contribution is -2.21. The van der Waals surface area contributed by atoms with Crippen LogP contribution in [0.1, 0.15) is 45.6 Å². The highest BCUT2D eigenvalue weighted by Gasteiger charge is 2.43. The Balaban J connectivity index is 1.68. The molecule has 4 rings (SSSR count). The number of benzene rings is 2. The zero-order valence-corrected chi connectivity index (χ0v) is 19.4. The first kappa shape index (κ1) is 23.4. The van der Waals surface area contributed by atoms with Crippen molar-refractivity contribution in [3.05, 3.63) is 120 Å². The van der Waals surface area contributed by atoms with Crippen LogP contribution in [0.5, 0.6) is 0 Å². The molecule has 0 spiro atoms. The highest BCUT2D eigenvalue weighted by molar-refractivity contribution is 5.39. The van der Waals surface area contributed by atoms with Gasteiger partial charge < -0.3 is 14.2 Å². The molecule has 0 aromatic heterocycles. The summed E-state index contributed by atoms with van der Waals surface area (Å²) in [6.45, 7) is 17.1. The second kappa shape index (κ2) is 10.9. The largest absolute Gasteiger partial charge is 0.370 e. The van der Waals surface area contributed by atoms with E-state index in [0.29, 0.717) is 13.2 Å². The Hall–Kier alpha value is -2.72. The number of hydrogen-bond acceptors (Lipinski definition) is 3. The van der Waals surface area contributed by atoms with Gasteiger partial charge in [0.1, 0.15) is 24.4 Å². The molecule has 2 fully saturated rings. The van der Waals surface area contributed by atoms with Gasteiger partial charge in [0.05, 0.1) is 13.2 Å². The summed E-state index contributed by atoms with van der Waals surface area (Å²) in [5.41, 5.74) is 7.29. The molecule has 172 valence electrons. The molecule has 0 aliphatic carbocycles. The van der Waals surface area contributed by atoms with E-state index in [1.165, 1.54) is 33.4 Å². The Morgan fingerprint density at radius 2 is 1.09 bits per heavy atom. The third-order valence-electron chi connectivity index (χ3n) is 6.20. The van der Waals surface area contributed by atoms with Crippen molar-refractivity contribution in [2.24, 2.45) is 0 Å². The van der Waals surface area contributed by atoms with Gasteiger partial charge in [0.15, 0.2) is 0 Å². The topological polar surface area (TPSA) is 34.3 Å². The van der Waals surface area contributed by atoms with Crippen molar-refractivity contribution in [2.45, 2.75) is 50.1 Å². The molecule has 2 heterocycles. The lowest BCUT2D eigenvalue weighted by atomic mass is 9.92. The molecule has 3 nitrogen and oxygen atoms in total. The van der Waals surface area contributed by atoms with Crippen LogP contribution in [0.4, 0.5) is 0 Å². The predicted octanol–water partition coefficient (Wildman–Crippen LogP) is 6.20. The average Bonchev–Trinajstić information content (AvgIpc) is 3.71. The maximum absolute atomic E-state index is 6.89. The van der Waals surface area contributed by atoms with Crippen LogP contribution < -0.4 is 0 Å². The fourth-order valence-corrected chi connectivity index (χ4v) is 4.47. The third-order valence-corrected chi connectivity index (χ3v) is 6.20. The van der Waals surface area contributed by atoms with E-state index in [1.54, 1.807) is 0 Å². The molecule has 4 unspecified atom stereocenters. The Kier molecular flexibility index (Phi) is 7.77. The zero-order chi connectivity index (χ0) is 23.2. The minimum Gasteiger partial charge on any atom is -0.370 e. The molecule has 0 radical (unpaired) electrons. The Morgan fingerprint density at radius 3 is 1.42 bits per heavy atom. The third kappa shape index (κ3) is 5.80. The molecular formula is C30H34O3. The molecule has 2 aromatic rings. The monoisotopic (exact) mass is 442 g/mol. The lowest BCUT2D eigenvalue weighted by molar-refractivity contribution is -0.0425. The Morgan fingerprint density at radius 1 is 0.697 bits per heavy atom. The van der Waals surface area contributed by atoms with Gasteiger partial charge in [-0.3, -0.25) is 0 Å². The average molecular weight is 443 g/mol. The SMILES string of the molecule is C=CCc1ccc(C(OC(c2ccc(CC=C)cc2CC=C)C2CO2)C2CO2)c(CC=C)c1. The maximum Gasteiger partial charge on any atom is 0.112 e. The van der Waals surface area contributed by atoms with Crippen molar-refractivity contribution >= 4 is 0 Å². The fourth-order valence-electron chi connectivity index (χ4n) is 4.47. The van der Waals surface area contributed by atoms with Crippen molar-refractivity contribution in [1.29, 1.82) is 0 Å². The van der Waals surface area contributed by atoms with Crippen molar-refractivity contribution in [1.82, 2.24) is 0 Å². The van der Waals surface area contributed by atoms with Gasteiger partial charge in [-0.05, 0) is 59.1 Å². The zero-order valence-electron chi connectivity index (χ0n) is 19.4. The van der Waals surface area contributed by atoms with Crippen LogP contribution in [-0.4, -0.2) is 25.4 Å². The molecule has 2 aliphatic heterocycles. The molecule has 4 atom stereocenters. The number of epoxide rings is 2. The summed E-state index contributed by atoms with van der Waals surface area (Å²) < 4.78 is 18.4. The number of allylic oxidation sites excluding steroid dienone is 4. The smallest absolute Gasteiger partial charge is 0.112 e. The molecule has 2 aliphatic rings. The number of ether oxygens (including phenoxy) is 3. The first-order valence-corrected chi connectivity index (χ1v) is 11.7. The minimum absolute atomic E-state index is 0.0583. The van der Waals surface area contributed by atoms with E-state index in [1.807, 2.05) is 24.3 Å². The molecular weight excluding hydrogens is 408 g/mol. The van der Waals surface area contributed by atoms with Crippen LogP contribution in [0.3, 0.4) is 0 Å². The second-order valence-electron chi connectivity index (χ2n) is 8.76. The van der Waals surface area contributed by atoms with Gasteiger partial charge in [0.25, 0.3) is 0 Å². The first-order chi connectivity index (χ1) is 16.2. The van der Waals surface area contributed by atoms with Gasteiger partial charge in [0, 0.05) is 0 Å². The van der Waals surface area contributed by atoms with Crippen LogP contribution in [0.25, 0.3) is 0 Å². The molecule has 3 heteroatoms. The summed E-state index contributed by atoms with van der Waals surface area (Å²) >= 11 is 0. The minimum atomic E-state index is -0.156. The molecule has 2 saturated heterocycles. The van der Waals surface area contributed by atoms with E-state index >= 15 is 0 Å². The number of hydrogen-bond donors (Lipinski definition) is 0. The van der Waals surface area contributed by atoms with E-state index in [9.17, 15) is 0 Å². The molecule has 0 bridgehead atoms. The van der Waals surface area contributed by atoms with Gasteiger partial charge in [-0.15, -0.1) is 26.3 Å². The fraction of sp³-hybridized carbons (Fsp3) is 0.333. The van der Waals surface area contributed by atoms with E-state index in [2.05, 4.69) is 62.7 Å². The number of rotatable bonds is 14. The van der Waals surface area contributed by atoms with Crippen molar-refractivity contribution < 1.29 is 14.2 Å². The summed E-state index contributed by atoms with van der Waals surface area (Å²) in [6.07, 6.45) is 10.8. The van der Waals surface area contributed by atoms with Crippen molar-refractivity contribution in [3.8, 4) is 0 Å². The summed E-state index contributed by atoms with van der Waals surface area (Å²) in [7, 11) is 0. The quantitative estimate of drug-likeness (QED) is 0.258. The maximum atomic E-state index is 6.89. The predicted molar refractivity (Wildman–Crippen MR) is 135 cm³/mol. The van der Waals surface area contributed by atoms with Crippen LogP contribution in [0.15, 0.2) is 87.0 Å². The molecule has 33 heavy (non-hydrogen) atoms. The van der Waals surface area contributed by atoms with Gasteiger partial charge in [-0.2, -0.15) is 0 Å². The van der Waals surface area contributed by atoms with Crippen LogP contribution in [0, 0.1) is 0 Å². The van der Waals surface area contributed by atoms with Gasteiger partial charge in [0.2, 0.25) is 0 Å². The van der Waals surface area contributed by atoms with Crippen molar-refractivity contribution in [2.75, 3.05) is 13.2 Å². The molecule has 0 amide bonds. The second-order valence-corrected chi connectivity index (χ2v) is 8.76. The Labute approximate surface area is 198 Å². The molecule has 0 saturated carbocycles. The first-order valence-electron chi connectivity index (χ1n) is 11.7. The summed E-state index contributed by atoms with van der Waals surface area (Å²) in [4.78, 5) is 0. The van der Waals surface area contributed by atoms with E-state index in [4.69, 9.17) is 14.2 Å². The van der Waals surface area contributed by atoms with Crippen LogP contribution in [-0.2, 0) is 39.9 Å². The van der Waals surface area contributed by atoms with Crippen LogP contribution >= 0.6 is 0 Å². The van der Waals surface area contributed by atoms with Gasteiger partial charge in [-0.25, -0.2) is 0 Å². The highest BCUT2D eigenvalue weighted by atomic mass is 16.6. The van der Waals surface area contributed by atoms with Crippen LogP contribution in [0.2, 0.25) is 0 Å². The lowest BCUT2D eigenvalue weighted by Gasteiger charge is -2.27. The van der Waals surface area contributed by atoms with Gasteiger partial charge >= 0.3 is 0 Å². The summed E-state index contributed by atoms with van der Waals surface area (Å²) in [6, 6.07) is 13.2. The standard InChI is InChI=1S/C30H34O3/c1-5-9-21-13-15-25(23(17-21)11-7-3)29(27-19-31-27)33-30(28-20-32-28)26-16-14-22(10-6-2)18-24(26)12-8-4/h5-8,13-18,27-30H,1-4,9-12,19-20H2. The van der Waals surface area contributed by atoms with Crippen molar-refractivity contribution in [3.63, 3.8) is 0 Å². The highest BCUT2D eigenvalue weighted by Crippen LogP contribution is 2.42. The van der Waals surface area contributed by atoms with E-state index < -0.39 is 0 Å². The molecule has 0 N–H and O–H groups in total. The van der Waals surface area contributed by atoms with Gasteiger partial charge in [-0.1, -0.05) is 60.7 Å². The molecule has 2 aromatic carbocycles. The normalized spacial score (nSPS) is 20.5. The van der Waals surface area contributed by atoms with E-state index in [0.717, 1.165) is 25.7 Å². The summed E-state index contributed by atoms with van der Waals surface area (Å²) in [5, 5.41) is 0. The summed E-state index contributed by atoms with van der Waals surface area (Å²) in [5.74, 6) is 0. The Bertz CT molecular complexity index is 932.